The van der Waals surface area contributed by atoms with Crippen LogP contribution in [0.2, 0.25) is 0 Å². The predicted molar refractivity (Wildman–Crippen MR) is 79.8 cm³/mol. The molecule has 0 saturated heterocycles. The minimum absolute atomic E-state index is 0.0241. The SMILES string of the molecule is CCN(C)C(C)C(C)OC(C)=C(C)C(C)(C)NC. The van der Waals surface area contributed by atoms with Crippen LogP contribution < -0.4 is 5.32 Å². The number of allylic oxidation sites excluding steroid dienone is 1. The zero-order valence-corrected chi connectivity index (χ0v) is 13.7. The maximum Gasteiger partial charge on any atom is 0.111 e. The lowest BCUT2D eigenvalue weighted by Crippen LogP contribution is -2.40. The number of rotatable bonds is 7. The molecule has 2 atom stereocenters. The monoisotopic (exact) mass is 256 g/mol. The van der Waals surface area contributed by atoms with Gasteiger partial charge < -0.3 is 15.0 Å². The Labute approximate surface area is 114 Å². The number of likely N-dealkylation sites (N-methyl/N-ethyl adjacent to an activating group) is 2. The van der Waals surface area contributed by atoms with E-state index in [0.717, 1.165) is 12.3 Å². The summed E-state index contributed by atoms with van der Waals surface area (Å²) in [6.45, 7) is 16.1. The van der Waals surface area contributed by atoms with Gasteiger partial charge >= 0.3 is 0 Å². The molecular formula is C15H32N2O. The van der Waals surface area contributed by atoms with E-state index in [2.05, 4.69) is 65.7 Å². The van der Waals surface area contributed by atoms with E-state index in [4.69, 9.17) is 4.74 Å². The molecule has 3 nitrogen and oxygen atoms in total. The van der Waals surface area contributed by atoms with Crippen molar-refractivity contribution in [3.63, 3.8) is 0 Å². The lowest BCUT2D eigenvalue weighted by molar-refractivity contribution is 0.0533. The predicted octanol–water partition coefficient (Wildman–Crippen LogP) is 3.02. The molecule has 0 spiro atoms. The third-order valence-corrected chi connectivity index (χ3v) is 4.33. The smallest absolute Gasteiger partial charge is 0.111 e. The highest BCUT2D eigenvalue weighted by atomic mass is 16.5. The summed E-state index contributed by atoms with van der Waals surface area (Å²) in [4.78, 5) is 2.30. The third kappa shape index (κ3) is 4.62. The Bertz CT molecular complexity index is 284. The fraction of sp³-hybridized carbons (Fsp3) is 0.867. The van der Waals surface area contributed by atoms with E-state index in [1.54, 1.807) is 0 Å². The minimum Gasteiger partial charge on any atom is -0.494 e. The number of hydrogen-bond donors (Lipinski definition) is 1. The zero-order valence-electron chi connectivity index (χ0n) is 13.7. The van der Waals surface area contributed by atoms with Crippen molar-refractivity contribution in [1.82, 2.24) is 10.2 Å². The van der Waals surface area contributed by atoms with Crippen molar-refractivity contribution in [2.75, 3.05) is 20.6 Å². The minimum atomic E-state index is -0.0241. The highest BCUT2D eigenvalue weighted by Gasteiger charge is 2.23. The van der Waals surface area contributed by atoms with Crippen LogP contribution in [0.3, 0.4) is 0 Å². The number of nitrogens with zero attached hydrogens (tertiary/aromatic N) is 1. The van der Waals surface area contributed by atoms with Gasteiger partial charge in [0.1, 0.15) is 6.10 Å². The molecule has 0 fully saturated rings. The van der Waals surface area contributed by atoms with Crippen LogP contribution in [-0.2, 0) is 4.74 Å². The van der Waals surface area contributed by atoms with Gasteiger partial charge in [0.15, 0.2) is 0 Å². The Balaban J connectivity index is 4.75. The molecule has 0 aromatic rings. The van der Waals surface area contributed by atoms with Gasteiger partial charge in [-0.25, -0.2) is 0 Å². The van der Waals surface area contributed by atoms with Gasteiger partial charge in [-0.3, -0.25) is 0 Å². The van der Waals surface area contributed by atoms with Crippen LogP contribution in [0.4, 0.5) is 0 Å². The van der Waals surface area contributed by atoms with E-state index in [1.165, 1.54) is 5.57 Å². The topological polar surface area (TPSA) is 24.5 Å². The van der Waals surface area contributed by atoms with Crippen LogP contribution in [0.5, 0.6) is 0 Å². The van der Waals surface area contributed by atoms with E-state index >= 15 is 0 Å². The van der Waals surface area contributed by atoms with Gasteiger partial charge in [0.05, 0.1) is 5.76 Å². The highest BCUT2D eigenvalue weighted by Crippen LogP contribution is 2.21. The van der Waals surface area contributed by atoms with Crippen LogP contribution >= 0.6 is 0 Å². The molecule has 1 N–H and O–H groups in total. The number of ether oxygens (including phenoxy) is 1. The van der Waals surface area contributed by atoms with Crippen molar-refractivity contribution in [2.45, 2.75) is 66.2 Å². The van der Waals surface area contributed by atoms with E-state index in [-0.39, 0.29) is 11.6 Å². The molecule has 0 radical (unpaired) electrons. The molecule has 0 saturated carbocycles. The Hall–Kier alpha value is -0.540. The first-order chi connectivity index (χ1) is 8.17. The summed E-state index contributed by atoms with van der Waals surface area (Å²) in [5, 5.41) is 3.31. The molecule has 0 aliphatic rings. The molecule has 0 aromatic carbocycles. The largest absolute Gasteiger partial charge is 0.494 e. The van der Waals surface area contributed by atoms with Crippen LogP contribution in [0.25, 0.3) is 0 Å². The highest BCUT2D eigenvalue weighted by molar-refractivity contribution is 5.17. The van der Waals surface area contributed by atoms with Gasteiger partial charge in [-0.05, 0) is 67.8 Å². The van der Waals surface area contributed by atoms with Crippen LogP contribution in [-0.4, -0.2) is 43.2 Å². The lowest BCUT2D eigenvalue weighted by Gasteiger charge is -2.32. The quantitative estimate of drug-likeness (QED) is 0.709. The fourth-order valence-electron chi connectivity index (χ4n) is 1.74. The van der Waals surface area contributed by atoms with Crippen molar-refractivity contribution in [3.05, 3.63) is 11.3 Å². The summed E-state index contributed by atoms with van der Waals surface area (Å²) in [5.41, 5.74) is 1.23. The average molecular weight is 256 g/mol. The first-order valence-electron chi connectivity index (χ1n) is 6.91. The molecule has 18 heavy (non-hydrogen) atoms. The molecule has 0 heterocycles. The first kappa shape index (κ1) is 17.5. The zero-order chi connectivity index (χ0) is 14.5. The summed E-state index contributed by atoms with van der Waals surface area (Å²) in [7, 11) is 4.11. The Morgan fingerprint density at radius 1 is 1.28 bits per heavy atom. The van der Waals surface area contributed by atoms with Crippen LogP contribution in [0, 0.1) is 0 Å². The molecular weight excluding hydrogens is 224 g/mol. The molecule has 3 heteroatoms. The second kappa shape index (κ2) is 7.15. The molecule has 108 valence electrons. The Morgan fingerprint density at radius 3 is 2.17 bits per heavy atom. The van der Waals surface area contributed by atoms with Gasteiger partial charge in [0, 0.05) is 11.6 Å². The molecule has 0 aromatic heterocycles. The van der Waals surface area contributed by atoms with Crippen molar-refractivity contribution in [1.29, 1.82) is 0 Å². The van der Waals surface area contributed by atoms with E-state index in [0.29, 0.717) is 6.04 Å². The second-order valence-corrected chi connectivity index (χ2v) is 5.69. The summed E-state index contributed by atoms with van der Waals surface area (Å²) >= 11 is 0. The Kier molecular flexibility index (Phi) is 6.93. The van der Waals surface area contributed by atoms with Crippen molar-refractivity contribution >= 4 is 0 Å². The maximum atomic E-state index is 6.08. The second-order valence-electron chi connectivity index (χ2n) is 5.69. The average Bonchev–Trinajstić information content (AvgIpc) is 2.35. The van der Waals surface area contributed by atoms with E-state index in [9.17, 15) is 0 Å². The van der Waals surface area contributed by atoms with Gasteiger partial charge in [-0.15, -0.1) is 0 Å². The number of hydrogen-bond acceptors (Lipinski definition) is 3. The molecule has 2 unspecified atom stereocenters. The lowest BCUT2D eigenvalue weighted by atomic mass is 9.95. The third-order valence-electron chi connectivity index (χ3n) is 4.33. The molecule has 0 bridgehead atoms. The normalized spacial score (nSPS) is 17.4. The summed E-state index contributed by atoms with van der Waals surface area (Å²) < 4.78 is 6.08. The molecule has 0 aliphatic carbocycles. The summed E-state index contributed by atoms with van der Waals surface area (Å²) in [6, 6.07) is 0.412. The van der Waals surface area contributed by atoms with E-state index < -0.39 is 0 Å². The van der Waals surface area contributed by atoms with Gasteiger partial charge in [0.2, 0.25) is 0 Å². The summed E-state index contributed by atoms with van der Waals surface area (Å²) in [6.07, 6.45) is 0.192. The van der Waals surface area contributed by atoms with Gasteiger partial charge in [0.25, 0.3) is 0 Å². The fourth-order valence-corrected chi connectivity index (χ4v) is 1.74. The van der Waals surface area contributed by atoms with Crippen molar-refractivity contribution < 1.29 is 4.74 Å². The molecule has 0 amide bonds. The Morgan fingerprint density at radius 2 is 1.78 bits per heavy atom. The standard InChI is InChI=1S/C15H32N2O/c1-10-17(9)12(3)14(5)18-13(4)11(2)15(6,7)16-8/h12,14,16H,10H2,1-9H3. The molecule has 0 aliphatic heterocycles. The maximum absolute atomic E-state index is 6.08. The van der Waals surface area contributed by atoms with Gasteiger partial charge in [-0.2, -0.15) is 0 Å². The number of nitrogens with one attached hydrogen (secondary N) is 1. The summed E-state index contributed by atoms with van der Waals surface area (Å²) in [5.74, 6) is 1.03. The molecule has 0 rings (SSSR count). The first-order valence-corrected chi connectivity index (χ1v) is 6.91. The van der Waals surface area contributed by atoms with Crippen LogP contribution in [0.15, 0.2) is 11.3 Å². The van der Waals surface area contributed by atoms with E-state index in [1.807, 2.05) is 7.05 Å². The van der Waals surface area contributed by atoms with Gasteiger partial charge in [-0.1, -0.05) is 6.92 Å². The van der Waals surface area contributed by atoms with Crippen molar-refractivity contribution in [3.8, 4) is 0 Å². The van der Waals surface area contributed by atoms with Crippen LogP contribution in [0.1, 0.15) is 48.5 Å². The van der Waals surface area contributed by atoms with Crippen molar-refractivity contribution in [2.24, 2.45) is 0 Å².